The summed E-state index contributed by atoms with van der Waals surface area (Å²) in [5.41, 5.74) is 2.56. The Labute approximate surface area is 233 Å². The number of hydrogen-bond donors (Lipinski definition) is 0. The predicted molar refractivity (Wildman–Crippen MR) is 148 cm³/mol. The minimum atomic E-state index is -4.47. The van der Waals surface area contributed by atoms with E-state index >= 15 is 0 Å². The van der Waals surface area contributed by atoms with Crippen LogP contribution in [0.25, 0.3) is 11.8 Å². The van der Waals surface area contributed by atoms with Crippen LogP contribution >= 0.6 is 11.8 Å². The van der Waals surface area contributed by atoms with Crippen molar-refractivity contribution in [1.29, 1.82) is 0 Å². The quantitative estimate of drug-likeness (QED) is 0.381. The number of anilines is 1. The van der Waals surface area contributed by atoms with Gasteiger partial charge in [-0.2, -0.15) is 13.2 Å². The van der Waals surface area contributed by atoms with Gasteiger partial charge in [0.05, 0.1) is 10.5 Å². The van der Waals surface area contributed by atoms with Gasteiger partial charge in [-0.3, -0.25) is 19.3 Å². The van der Waals surface area contributed by atoms with Crippen molar-refractivity contribution < 1.29 is 27.6 Å². The Balaban J connectivity index is 1.28. The van der Waals surface area contributed by atoms with Crippen molar-refractivity contribution in [3.63, 3.8) is 0 Å². The first-order valence-corrected chi connectivity index (χ1v) is 13.5. The predicted octanol–water partition coefficient (Wildman–Crippen LogP) is 5.50. The zero-order chi connectivity index (χ0) is 28.6. The molecule has 2 aromatic carbocycles. The number of aromatic nitrogens is 1. The van der Waals surface area contributed by atoms with Gasteiger partial charge in [-0.15, -0.1) is 0 Å². The number of benzene rings is 2. The van der Waals surface area contributed by atoms with Crippen LogP contribution in [-0.2, 0) is 15.8 Å². The highest BCUT2D eigenvalue weighted by Gasteiger charge is 2.38. The van der Waals surface area contributed by atoms with Crippen LogP contribution in [0.3, 0.4) is 0 Å². The number of carbonyl (C=O) groups excluding carboxylic acids is 3. The fourth-order valence-electron chi connectivity index (χ4n) is 5.02. The van der Waals surface area contributed by atoms with Gasteiger partial charge < -0.3 is 14.4 Å². The number of piperazine rings is 1. The Morgan fingerprint density at radius 3 is 2.27 bits per heavy atom. The zero-order valence-corrected chi connectivity index (χ0v) is 22.8. The van der Waals surface area contributed by atoms with Crippen molar-refractivity contribution in [2.75, 3.05) is 37.6 Å². The summed E-state index contributed by atoms with van der Waals surface area (Å²) in [4.78, 5) is 43.7. The maximum absolute atomic E-state index is 13.2. The smallest absolute Gasteiger partial charge is 0.368 e. The third kappa shape index (κ3) is 5.51. The number of hydrogen-bond acceptors (Lipinski definition) is 5. The third-order valence-corrected chi connectivity index (χ3v) is 8.02. The molecule has 1 aromatic heterocycles. The van der Waals surface area contributed by atoms with Gasteiger partial charge in [-0.05, 0) is 73.6 Å². The molecule has 0 radical (unpaired) electrons. The van der Waals surface area contributed by atoms with Crippen LogP contribution in [0.2, 0.25) is 0 Å². The van der Waals surface area contributed by atoms with Gasteiger partial charge in [0.15, 0.2) is 0 Å². The second-order valence-electron chi connectivity index (χ2n) is 9.68. The lowest BCUT2D eigenvalue weighted by atomic mass is 10.2. The zero-order valence-electron chi connectivity index (χ0n) is 21.9. The minimum Gasteiger partial charge on any atom is -0.368 e. The van der Waals surface area contributed by atoms with E-state index in [0.29, 0.717) is 48.8 Å². The molecule has 2 saturated heterocycles. The van der Waals surface area contributed by atoms with E-state index in [1.807, 2.05) is 30.3 Å². The monoisotopic (exact) mass is 568 g/mol. The van der Waals surface area contributed by atoms with Crippen LogP contribution in [0.5, 0.6) is 0 Å². The van der Waals surface area contributed by atoms with Gasteiger partial charge in [0, 0.05) is 48.9 Å². The van der Waals surface area contributed by atoms with Crippen molar-refractivity contribution in [3.05, 3.63) is 88.1 Å². The molecule has 5 rings (SSSR count). The maximum atomic E-state index is 13.2. The van der Waals surface area contributed by atoms with Crippen molar-refractivity contribution in [2.24, 2.45) is 0 Å². The average molecular weight is 569 g/mol. The average Bonchev–Trinajstić information content (AvgIpc) is 3.37. The van der Waals surface area contributed by atoms with Gasteiger partial charge in [0.25, 0.3) is 11.1 Å². The molecule has 3 heterocycles. The van der Waals surface area contributed by atoms with Crippen LogP contribution in [0.4, 0.5) is 23.7 Å². The number of thioether (sulfide) groups is 1. The van der Waals surface area contributed by atoms with Gasteiger partial charge in [-0.25, -0.2) is 0 Å². The first-order chi connectivity index (χ1) is 19.0. The van der Waals surface area contributed by atoms with Gasteiger partial charge >= 0.3 is 6.18 Å². The Morgan fingerprint density at radius 1 is 0.925 bits per heavy atom. The summed E-state index contributed by atoms with van der Waals surface area (Å²) in [6.45, 7) is 5.44. The Morgan fingerprint density at radius 2 is 1.60 bits per heavy atom. The molecular formula is C29H27F3N4O3S. The number of amides is 3. The van der Waals surface area contributed by atoms with Crippen molar-refractivity contribution in [2.45, 2.75) is 20.0 Å². The molecule has 0 spiro atoms. The summed E-state index contributed by atoms with van der Waals surface area (Å²) >= 11 is 0.750. The molecule has 0 bridgehead atoms. The molecule has 0 aliphatic carbocycles. The fraction of sp³-hybridized carbons (Fsp3) is 0.276. The normalized spacial score (nSPS) is 17.3. The standard InChI is InChI=1S/C29H27F3N4O3S/c1-19-15-21(20(2)36(19)24-10-6-7-22(17-24)29(30,31)32)16-25-27(38)35(28(39)40-25)18-26(37)34-13-11-33(12-14-34)23-8-4-3-5-9-23/h3-10,15-17H,11-14,18H2,1-2H3/b25-16-. The van der Waals surface area contributed by atoms with E-state index in [1.54, 1.807) is 41.5 Å². The molecule has 0 N–H and O–H groups in total. The number of carbonyl (C=O) groups is 3. The van der Waals surface area contributed by atoms with Gasteiger partial charge in [0.1, 0.15) is 6.54 Å². The SMILES string of the molecule is Cc1cc(/C=C2\SC(=O)N(CC(=O)N3CCN(c4ccccc4)CC3)C2=O)c(C)n1-c1cccc(C(F)(F)F)c1. The van der Waals surface area contributed by atoms with Crippen molar-refractivity contribution in [1.82, 2.24) is 14.4 Å². The van der Waals surface area contributed by atoms with E-state index in [4.69, 9.17) is 0 Å². The summed E-state index contributed by atoms with van der Waals surface area (Å²) < 4.78 is 41.4. The number of alkyl halides is 3. The number of nitrogens with zero attached hydrogens (tertiary/aromatic N) is 4. The van der Waals surface area contributed by atoms with Gasteiger partial charge in [-0.1, -0.05) is 24.3 Å². The Hall–Kier alpha value is -3.99. The topological polar surface area (TPSA) is 65.9 Å². The highest BCUT2D eigenvalue weighted by atomic mass is 32.2. The summed E-state index contributed by atoms with van der Waals surface area (Å²) in [6.07, 6.45) is -2.92. The van der Waals surface area contributed by atoms with E-state index in [2.05, 4.69) is 4.90 Å². The van der Waals surface area contributed by atoms with Crippen LogP contribution < -0.4 is 4.90 Å². The highest BCUT2D eigenvalue weighted by Crippen LogP contribution is 2.35. The maximum Gasteiger partial charge on any atom is 0.416 e. The lowest BCUT2D eigenvalue weighted by molar-refractivity contribution is -0.137. The number of rotatable bonds is 5. The second kappa shape index (κ2) is 10.9. The second-order valence-corrected chi connectivity index (χ2v) is 10.7. The molecule has 2 aliphatic heterocycles. The third-order valence-electron chi connectivity index (χ3n) is 7.11. The number of aryl methyl sites for hydroxylation is 1. The number of imide groups is 1. The molecule has 0 unspecified atom stereocenters. The lowest BCUT2D eigenvalue weighted by Crippen LogP contribution is -2.51. The van der Waals surface area contributed by atoms with E-state index in [0.717, 1.165) is 34.5 Å². The van der Waals surface area contributed by atoms with E-state index in [9.17, 15) is 27.6 Å². The van der Waals surface area contributed by atoms with E-state index < -0.39 is 22.9 Å². The summed E-state index contributed by atoms with van der Waals surface area (Å²) in [5.74, 6) is -0.853. The molecule has 0 saturated carbocycles. The summed E-state index contributed by atoms with van der Waals surface area (Å²) in [6, 6.07) is 16.7. The summed E-state index contributed by atoms with van der Waals surface area (Å²) in [5, 5.41) is -0.529. The lowest BCUT2D eigenvalue weighted by Gasteiger charge is -2.36. The molecule has 40 heavy (non-hydrogen) atoms. The van der Waals surface area contributed by atoms with Crippen molar-refractivity contribution >= 4 is 40.6 Å². The van der Waals surface area contributed by atoms with E-state index in [1.165, 1.54) is 6.07 Å². The molecule has 2 aliphatic rings. The van der Waals surface area contributed by atoms with Crippen LogP contribution in [0.1, 0.15) is 22.5 Å². The van der Waals surface area contributed by atoms with Crippen LogP contribution in [-0.4, -0.2) is 64.1 Å². The molecule has 0 atom stereocenters. The molecule has 3 aromatic rings. The molecule has 7 nitrogen and oxygen atoms in total. The van der Waals surface area contributed by atoms with Crippen molar-refractivity contribution in [3.8, 4) is 5.69 Å². The Kier molecular flexibility index (Phi) is 7.50. The molecule has 2 fully saturated rings. The van der Waals surface area contributed by atoms with Crippen LogP contribution in [0.15, 0.2) is 65.6 Å². The van der Waals surface area contributed by atoms with Gasteiger partial charge in [0.2, 0.25) is 5.91 Å². The molecular weight excluding hydrogens is 541 g/mol. The molecule has 3 amide bonds. The van der Waals surface area contributed by atoms with Crippen LogP contribution in [0, 0.1) is 13.8 Å². The summed E-state index contributed by atoms with van der Waals surface area (Å²) in [7, 11) is 0. The molecule has 208 valence electrons. The first-order valence-electron chi connectivity index (χ1n) is 12.7. The minimum absolute atomic E-state index is 0.163. The fourth-order valence-corrected chi connectivity index (χ4v) is 5.85. The number of halogens is 3. The first kappa shape index (κ1) is 27.6. The highest BCUT2D eigenvalue weighted by molar-refractivity contribution is 8.18. The number of para-hydroxylation sites is 1. The Bertz CT molecular complexity index is 1490. The largest absolute Gasteiger partial charge is 0.416 e. The molecule has 11 heteroatoms. The van der Waals surface area contributed by atoms with E-state index in [-0.39, 0.29) is 17.4 Å².